The molecule has 0 unspecified atom stereocenters. The summed E-state index contributed by atoms with van der Waals surface area (Å²) in [5.41, 5.74) is 12.5. The number of hydrogen-bond donors (Lipinski definition) is 0. The van der Waals surface area contributed by atoms with Gasteiger partial charge in [0.1, 0.15) is 11.2 Å². The lowest BCUT2D eigenvalue weighted by atomic mass is 9.33. The molecule has 54 heavy (non-hydrogen) atoms. The number of hydrogen-bond acceptors (Lipinski definition) is 8. The van der Waals surface area contributed by atoms with Crippen LogP contribution in [0.4, 0.5) is 34.5 Å². The van der Waals surface area contributed by atoms with Crippen LogP contribution in [0, 0.1) is 6.92 Å². The fourth-order valence-electron chi connectivity index (χ4n) is 8.67. The minimum atomic E-state index is -0.205. The van der Waals surface area contributed by atoms with Crippen molar-refractivity contribution in [1.82, 2.24) is 0 Å². The first-order chi connectivity index (χ1) is 25.9. The monoisotopic (exact) mass is 714 g/mol. The zero-order valence-corrected chi connectivity index (χ0v) is 31.4. The third-order valence-electron chi connectivity index (χ3n) is 11.4. The number of rotatable bonds is 2. The van der Waals surface area contributed by atoms with E-state index < -0.39 is 0 Å². The SMILES string of the molecule is Cc1cc2c3c(c1)N(c1ccc4c(c1)OCO4)c1oc4ccc(C(C)(C)C)cc4c1B3c1c(oc3ccc(C(C)(C)C)cc13)N2c1ccc2c(c1)OCO2. The molecule has 0 atom stereocenters. The summed E-state index contributed by atoms with van der Waals surface area (Å²) < 4.78 is 37.5. The highest BCUT2D eigenvalue weighted by Gasteiger charge is 2.49. The zero-order chi connectivity index (χ0) is 36.8. The molecule has 6 heterocycles. The molecule has 0 N–H and O–H groups in total. The summed E-state index contributed by atoms with van der Waals surface area (Å²) in [6.07, 6.45) is 0. The average Bonchev–Trinajstić information content (AvgIpc) is 3.94. The van der Waals surface area contributed by atoms with Gasteiger partial charge in [-0.3, -0.25) is 9.80 Å². The summed E-state index contributed by atoms with van der Waals surface area (Å²) in [5, 5.41) is 2.18. The summed E-state index contributed by atoms with van der Waals surface area (Å²) >= 11 is 0. The molecule has 0 bridgehead atoms. The van der Waals surface area contributed by atoms with E-state index >= 15 is 0 Å². The Morgan fingerprint density at radius 3 is 1.39 bits per heavy atom. The van der Waals surface area contributed by atoms with Crippen molar-refractivity contribution in [2.75, 3.05) is 23.4 Å². The van der Waals surface area contributed by atoms with Gasteiger partial charge in [-0.15, -0.1) is 0 Å². The normalized spacial score (nSPS) is 15.3. The van der Waals surface area contributed by atoms with E-state index in [-0.39, 0.29) is 31.1 Å². The first kappa shape index (κ1) is 31.6. The molecule has 9 heteroatoms. The van der Waals surface area contributed by atoms with E-state index in [2.05, 4.69) is 131 Å². The van der Waals surface area contributed by atoms with Crippen molar-refractivity contribution in [2.24, 2.45) is 0 Å². The second kappa shape index (κ2) is 10.6. The van der Waals surface area contributed by atoms with E-state index in [0.717, 1.165) is 84.4 Å². The van der Waals surface area contributed by atoms with E-state index in [1.165, 1.54) is 16.6 Å². The summed E-state index contributed by atoms with van der Waals surface area (Å²) in [6, 6.07) is 30.2. The van der Waals surface area contributed by atoms with E-state index in [1.54, 1.807) is 0 Å². The highest BCUT2D eigenvalue weighted by Crippen LogP contribution is 2.50. The van der Waals surface area contributed by atoms with Gasteiger partial charge in [-0.05, 0) is 101 Å². The molecular weight excluding hydrogens is 675 g/mol. The van der Waals surface area contributed by atoms with Crippen LogP contribution in [0.15, 0.2) is 93.8 Å². The smallest absolute Gasteiger partial charge is 0.262 e. The Morgan fingerprint density at radius 2 is 0.944 bits per heavy atom. The van der Waals surface area contributed by atoms with Gasteiger partial charge in [0.15, 0.2) is 23.0 Å². The fourth-order valence-corrected chi connectivity index (χ4v) is 8.67. The third-order valence-corrected chi connectivity index (χ3v) is 11.4. The number of benzene rings is 5. The summed E-state index contributed by atoms with van der Waals surface area (Å²) in [4.78, 5) is 4.53. The van der Waals surface area contributed by atoms with Gasteiger partial charge in [0.05, 0.1) is 11.4 Å². The Labute approximate surface area is 313 Å². The molecule has 0 radical (unpaired) electrons. The Kier molecular flexibility index (Phi) is 6.19. The molecule has 0 amide bonds. The molecule has 2 aromatic heterocycles. The van der Waals surface area contributed by atoms with Crippen molar-refractivity contribution in [3.63, 3.8) is 0 Å². The molecule has 8 nitrogen and oxygen atoms in total. The first-order valence-corrected chi connectivity index (χ1v) is 18.6. The molecule has 0 aliphatic carbocycles. The van der Waals surface area contributed by atoms with Crippen LogP contribution < -0.4 is 45.1 Å². The average molecular weight is 715 g/mol. The van der Waals surface area contributed by atoms with Crippen molar-refractivity contribution in [1.29, 1.82) is 0 Å². The van der Waals surface area contributed by atoms with Gasteiger partial charge in [-0.1, -0.05) is 53.7 Å². The quantitative estimate of drug-likeness (QED) is 0.164. The van der Waals surface area contributed by atoms with Crippen molar-refractivity contribution < 1.29 is 27.8 Å². The second-order valence-corrected chi connectivity index (χ2v) is 17.0. The fraction of sp³-hybridized carbons (Fsp3) is 0.244. The maximum atomic E-state index is 7.06. The van der Waals surface area contributed by atoms with Crippen molar-refractivity contribution in [3.05, 3.63) is 102 Å². The van der Waals surface area contributed by atoms with E-state index in [0.29, 0.717) is 11.5 Å². The van der Waals surface area contributed by atoms with Crippen molar-refractivity contribution >= 4 is 79.6 Å². The Balaban J connectivity index is 1.28. The largest absolute Gasteiger partial charge is 0.454 e. The van der Waals surface area contributed by atoms with Crippen LogP contribution >= 0.6 is 0 Å². The molecule has 7 aromatic rings. The topological polar surface area (TPSA) is 69.7 Å². The van der Waals surface area contributed by atoms with Crippen LogP contribution in [0.3, 0.4) is 0 Å². The molecule has 0 saturated heterocycles. The van der Waals surface area contributed by atoms with Gasteiger partial charge in [0.2, 0.25) is 25.4 Å². The lowest BCUT2D eigenvalue weighted by molar-refractivity contribution is 0.173. The number of furan rings is 2. The van der Waals surface area contributed by atoms with Crippen molar-refractivity contribution in [3.8, 4) is 23.0 Å². The maximum Gasteiger partial charge on any atom is 0.262 e. The highest BCUT2D eigenvalue weighted by atomic mass is 16.7. The summed E-state index contributed by atoms with van der Waals surface area (Å²) in [7, 11) is 0. The predicted octanol–water partition coefficient (Wildman–Crippen LogP) is 9.62. The minimum absolute atomic E-state index is 0.0674. The van der Waals surface area contributed by atoms with Gasteiger partial charge in [-0.25, -0.2) is 0 Å². The molecule has 268 valence electrons. The molecule has 0 saturated carbocycles. The number of fused-ring (bicyclic) bond motifs is 10. The third kappa shape index (κ3) is 4.38. The van der Waals surface area contributed by atoms with E-state index in [9.17, 15) is 0 Å². The Hall–Kier alpha value is -5.96. The molecule has 0 spiro atoms. The van der Waals surface area contributed by atoms with Gasteiger partial charge < -0.3 is 27.8 Å². The van der Waals surface area contributed by atoms with Crippen LogP contribution in [0.5, 0.6) is 23.0 Å². The van der Waals surface area contributed by atoms with Gasteiger partial charge in [0.25, 0.3) is 6.71 Å². The standard InChI is InChI=1S/C45H39BN2O6/c1-24-16-31-41-32(17-24)48(28-11-15-36-38(21-28)52-23-50-36)43-40(30-19-26(45(5,6)7)9-13-34(30)54-43)46(41)39-29-18-25(44(2,3)4)8-12-33(29)53-42(39)47(31)27-10-14-35-37(20-27)51-22-49-35/h8-21H,22-23H2,1-7H3. The van der Waals surface area contributed by atoms with Gasteiger partial charge >= 0.3 is 0 Å². The van der Waals surface area contributed by atoms with Gasteiger partial charge in [-0.2, -0.15) is 0 Å². The Bertz CT molecular complexity index is 2570. The number of aryl methyl sites for hydroxylation is 1. The van der Waals surface area contributed by atoms with Crippen LogP contribution in [-0.4, -0.2) is 20.3 Å². The number of nitrogens with zero attached hydrogens (tertiary/aromatic N) is 2. The first-order valence-electron chi connectivity index (χ1n) is 18.6. The molecular formula is C45H39BN2O6. The molecule has 11 rings (SSSR count). The molecule has 4 aliphatic heterocycles. The lowest BCUT2D eigenvalue weighted by Crippen LogP contribution is -2.60. The summed E-state index contributed by atoms with van der Waals surface area (Å²) in [6.45, 7) is 15.9. The lowest BCUT2D eigenvalue weighted by Gasteiger charge is -2.40. The van der Waals surface area contributed by atoms with E-state index in [1.807, 2.05) is 12.1 Å². The van der Waals surface area contributed by atoms with Crippen LogP contribution in [0.2, 0.25) is 0 Å². The Morgan fingerprint density at radius 1 is 0.500 bits per heavy atom. The van der Waals surface area contributed by atoms with Crippen LogP contribution in [0.25, 0.3) is 21.9 Å². The van der Waals surface area contributed by atoms with Crippen LogP contribution in [-0.2, 0) is 10.8 Å². The van der Waals surface area contributed by atoms with Crippen molar-refractivity contribution in [2.45, 2.75) is 59.3 Å². The van der Waals surface area contributed by atoms with Gasteiger partial charge in [0, 0.05) is 45.2 Å². The molecule has 5 aromatic carbocycles. The van der Waals surface area contributed by atoms with E-state index in [4.69, 9.17) is 27.8 Å². The maximum absolute atomic E-state index is 7.06. The predicted molar refractivity (Wildman–Crippen MR) is 214 cm³/mol. The zero-order valence-electron chi connectivity index (χ0n) is 31.4. The number of anilines is 6. The number of ether oxygens (including phenoxy) is 4. The minimum Gasteiger partial charge on any atom is -0.454 e. The summed E-state index contributed by atoms with van der Waals surface area (Å²) in [5.74, 6) is 4.46. The highest BCUT2D eigenvalue weighted by molar-refractivity contribution is 7.02. The molecule has 4 aliphatic rings. The molecule has 0 fully saturated rings. The van der Waals surface area contributed by atoms with Crippen LogP contribution in [0.1, 0.15) is 58.2 Å². The second-order valence-electron chi connectivity index (χ2n) is 17.0.